The molecule has 1 aliphatic carbocycles. The molecular weight excluding hydrogens is 318 g/mol. The van der Waals surface area contributed by atoms with Gasteiger partial charge < -0.3 is 19.3 Å². The highest BCUT2D eigenvalue weighted by atomic mass is 16.5. The highest BCUT2D eigenvalue weighted by molar-refractivity contribution is 5.93. The Morgan fingerprint density at radius 3 is 2.64 bits per heavy atom. The van der Waals surface area contributed by atoms with E-state index in [0.29, 0.717) is 17.5 Å². The van der Waals surface area contributed by atoms with Gasteiger partial charge in [0, 0.05) is 26.2 Å². The van der Waals surface area contributed by atoms with E-state index in [2.05, 4.69) is 9.88 Å². The fourth-order valence-corrected chi connectivity index (χ4v) is 3.98. The summed E-state index contributed by atoms with van der Waals surface area (Å²) in [7, 11) is 0. The lowest BCUT2D eigenvalue weighted by Crippen LogP contribution is -2.67. The number of amides is 1. The van der Waals surface area contributed by atoms with Gasteiger partial charge in [-0.1, -0.05) is 0 Å². The molecule has 4 fully saturated rings. The molecule has 1 saturated carbocycles. The number of likely N-dealkylation sites (tertiary alicyclic amines) is 1. The highest BCUT2D eigenvalue weighted by Crippen LogP contribution is 2.39. The third-order valence-electron chi connectivity index (χ3n) is 5.81. The lowest BCUT2D eigenvalue weighted by molar-refractivity contribution is -0.176. The van der Waals surface area contributed by atoms with Crippen LogP contribution >= 0.6 is 0 Å². The maximum atomic E-state index is 12.7. The lowest BCUT2D eigenvalue weighted by atomic mass is 9.78. The van der Waals surface area contributed by atoms with Crippen LogP contribution in [0.3, 0.4) is 0 Å². The molecule has 1 amide bonds. The SMILES string of the molecule is O=C(c1ccc(N2CCCC2)c(OCC2CC2)n1)N1CC2(COC2)C1. The number of aromatic nitrogens is 1. The molecule has 1 aromatic rings. The summed E-state index contributed by atoms with van der Waals surface area (Å²) < 4.78 is 11.3. The van der Waals surface area contributed by atoms with Crippen LogP contribution in [0.2, 0.25) is 0 Å². The second-order valence-corrected chi connectivity index (χ2v) is 8.12. The number of hydrogen-bond donors (Lipinski definition) is 0. The van der Waals surface area contributed by atoms with Crippen LogP contribution in [-0.4, -0.2) is 61.8 Å². The van der Waals surface area contributed by atoms with Crippen LogP contribution < -0.4 is 9.64 Å². The zero-order chi connectivity index (χ0) is 16.9. The fraction of sp³-hybridized carbons (Fsp3) is 0.684. The Morgan fingerprint density at radius 1 is 1.24 bits per heavy atom. The van der Waals surface area contributed by atoms with Gasteiger partial charge in [0.1, 0.15) is 5.69 Å². The first-order valence-corrected chi connectivity index (χ1v) is 9.48. The van der Waals surface area contributed by atoms with Crippen molar-refractivity contribution >= 4 is 11.6 Å². The number of anilines is 1. The summed E-state index contributed by atoms with van der Waals surface area (Å²) in [6.45, 7) is 5.96. The van der Waals surface area contributed by atoms with Gasteiger partial charge >= 0.3 is 0 Å². The van der Waals surface area contributed by atoms with E-state index in [-0.39, 0.29) is 11.3 Å². The molecule has 0 N–H and O–H groups in total. The molecule has 5 rings (SSSR count). The van der Waals surface area contributed by atoms with Crippen molar-refractivity contribution in [3.05, 3.63) is 17.8 Å². The third-order valence-corrected chi connectivity index (χ3v) is 5.81. The van der Waals surface area contributed by atoms with E-state index in [4.69, 9.17) is 9.47 Å². The van der Waals surface area contributed by atoms with Gasteiger partial charge in [-0.25, -0.2) is 4.98 Å². The molecule has 3 aliphatic heterocycles. The summed E-state index contributed by atoms with van der Waals surface area (Å²) in [4.78, 5) is 21.6. The Labute approximate surface area is 148 Å². The van der Waals surface area contributed by atoms with Gasteiger partial charge in [-0.3, -0.25) is 4.79 Å². The second kappa shape index (κ2) is 5.87. The van der Waals surface area contributed by atoms with Crippen molar-refractivity contribution in [3.63, 3.8) is 0 Å². The summed E-state index contributed by atoms with van der Waals surface area (Å²) in [6, 6.07) is 3.89. The van der Waals surface area contributed by atoms with Crippen molar-refractivity contribution in [2.45, 2.75) is 25.7 Å². The van der Waals surface area contributed by atoms with Crippen LogP contribution in [0.5, 0.6) is 5.88 Å². The van der Waals surface area contributed by atoms with Gasteiger partial charge in [-0.15, -0.1) is 0 Å². The molecule has 3 saturated heterocycles. The number of carbonyl (C=O) groups excluding carboxylic acids is 1. The summed E-state index contributed by atoms with van der Waals surface area (Å²) in [5.74, 6) is 1.32. The Kier molecular flexibility index (Phi) is 3.62. The molecule has 134 valence electrons. The molecule has 6 nitrogen and oxygen atoms in total. The average Bonchev–Trinajstić information content (AvgIpc) is 3.22. The van der Waals surface area contributed by atoms with E-state index < -0.39 is 0 Å². The first kappa shape index (κ1) is 15.4. The topological polar surface area (TPSA) is 54.9 Å². The molecule has 0 radical (unpaired) electrons. The maximum absolute atomic E-state index is 12.7. The van der Waals surface area contributed by atoms with Crippen LogP contribution in [0.1, 0.15) is 36.2 Å². The molecule has 1 spiro atoms. The number of ether oxygens (including phenoxy) is 2. The van der Waals surface area contributed by atoms with E-state index in [1.165, 1.54) is 25.7 Å². The van der Waals surface area contributed by atoms with Crippen LogP contribution in [-0.2, 0) is 4.74 Å². The van der Waals surface area contributed by atoms with E-state index in [0.717, 1.165) is 51.7 Å². The van der Waals surface area contributed by atoms with Gasteiger partial charge in [-0.2, -0.15) is 0 Å². The number of carbonyl (C=O) groups is 1. The first-order valence-electron chi connectivity index (χ1n) is 9.48. The molecule has 4 aliphatic rings. The predicted molar refractivity (Wildman–Crippen MR) is 93.1 cm³/mol. The molecule has 4 heterocycles. The molecule has 0 bridgehead atoms. The first-order chi connectivity index (χ1) is 12.2. The van der Waals surface area contributed by atoms with Crippen LogP contribution in [0.25, 0.3) is 0 Å². The minimum Gasteiger partial charge on any atom is -0.476 e. The average molecular weight is 343 g/mol. The second-order valence-electron chi connectivity index (χ2n) is 8.12. The van der Waals surface area contributed by atoms with Crippen LogP contribution in [0.4, 0.5) is 5.69 Å². The Morgan fingerprint density at radius 2 is 2.00 bits per heavy atom. The van der Waals surface area contributed by atoms with Gasteiger partial charge in [-0.05, 0) is 43.7 Å². The molecule has 25 heavy (non-hydrogen) atoms. The summed E-state index contributed by atoms with van der Waals surface area (Å²) in [5, 5.41) is 0. The molecule has 0 atom stereocenters. The number of hydrogen-bond acceptors (Lipinski definition) is 5. The van der Waals surface area contributed by atoms with Gasteiger partial charge in [0.15, 0.2) is 0 Å². The van der Waals surface area contributed by atoms with Crippen molar-refractivity contribution in [3.8, 4) is 5.88 Å². The molecule has 0 unspecified atom stereocenters. The zero-order valence-corrected chi connectivity index (χ0v) is 14.6. The molecule has 0 aromatic carbocycles. The van der Waals surface area contributed by atoms with Crippen LogP contribution in [0.15, 0.2) is 12.1 Å². The van der Waals surface area contributed by atoms with Gasteiger partial charge in [0.05, 0.1) is 30.9 Å². The van der Waals surface area contributed by atoms with Crippen molar-refractivity contribution < 1.29 is 14.3 Å². The van der Waals surface area contributed by atoms with Gasteiger partial charge in [0.2, 0.25) is 5.88 Å². The summed E-state index contributed by atoms with van der Waals surface area (Å²) in [6.07, 6.45) is 4.91. The van der Waals surface area contributed by atoms with Gasteiger partial charge in [0.25, 0.3) is 5.91 Å². The largest absolute Gasteiger partial charge is 0.476 e. The highest BCUT2D eigenvalue weighted by Gasteiger charge is 2.51. The number of pyridine rings is 1. The van der Waals surface area contributed by atoms with Crippen molar-refractivity contribution in [1.29, 1.82) is 0 Å². The number of rotatable bonds is 5. The Balaban J connectivity index is 1.34. The minimum absolute atomic E-state index is 0.0155. The Bertz CT molecular complexity index is 670. The number of nitrogens with zero attached hydrogens (tertiary/aromatic N) is 3. The van der Waals surface area contributed by atoms with E-state index in [1.54, 1.807) is 0 Å². The predicted octanol–water partition coefficient (Wildman–Crippen LogP) is 1.94. The fourth-order valence-electron chi connectivity index (χ4n) is 3.98. The van der Waals surface area contributed by atoms with E-state index in [1.807, 2.05) is 17.0 Å². The summed E-state index contributed by atoms with van der Waals surface area (Å²) >= 11 is 0. The lowest BCUT2D eigenvalue weighted by Gasteiger charge is -2.54. The normalized spacial score (nSPS) is 24.2. The van der Waals surface area contributed by atoms with E-state index in [9.17, 15) is 4.79 Å². The third kappa shape index (κ3) is 2.86. The van der Waals surface area contributed by atoms with Crippen LogP contribution in [0, 0.1) is 11.3 Å². The quantitative estimate of drug-likeness (QED) is 0.818. The smallest absolute Gasteiger partial charge is 0.272 e. The monoisotopic (exact) mass is 343 g/mol. The standard InChI is InChI=1S/C19H25N3O3/c23-18(22-10-19(11-22)12-24-13-19)15-5-6-16(21-7-1-2-8-21)17(20-15)25-9-14-3-4-14/h5-6,14H,1-4,7-13H2. The van der Waals surface area contributed by atoms with Crippen molar-refractivity contribution in [2.24, 2.45) is 11.3 Å². The Hall–Kier alpha value is -1.82. The zero-order valence-electron chi connectivity index (χ0n) is 14.6. The van der Waals surface area contributed by atoms with Crippen molar-refractivity contribution in [2.75, 3.05) is 50.9 Å². The molecule has 6 heteroatoms. The minimum atomic E-state index is 0.0155. The maximum Gasteiger partial charge on any atom is 0.272 e. The van der Waals surface area contributed by atoms with E-state index >= 15 is 0 Å². The molecule has 1 aromatic heterocycles. The van der Waals surface area contributed by atoms with Crippen molar-refractivity contribution in [1.82, 2.24) is 9.88 Å². The molecular formula is C19H25N3O3. The summed E-state index contributed by atoms with van der Waals surface area (Å²) in [5.41, 5.74) is 1.78.